The van der Waals surface area contributed by atoms with E-state index < -0.39 is 0 Å². The fraction of sp³-hybridized carbons (Fsp3) is 0.556. The SMILES string of the molecule is Cc1cc(COC2CC(C(=O)N3CC4(COC(=O)N4)C3)C2)ccc1Cl. The highest BCUT2D eigenvalue weighted by Gasteiger charge is 2.53. The summed E-state index contributed by atoms with van der Waals surface area (Å²) in [5.41, 5.74) is 1.79. The first-order chi connectivity index (χ1) is 11.9. The van der Waals surface area contributed by atoms with Crippen molar-refractivity contribution in [3.63, 3.8) is 0 Å². The minimum absolute atomic E-state index is 0.0346. The third-order valence-electron chi connectivity index (χ3n) is 5.30. The second-order valence-corrected chi connectivity index (χ2v) is 7.77. The van der Waals surface area contributed by atoms with E-state index in [9.17, 15) is 9.59 Å². The molecule has 0 aromatic heterocycles. The van der Waals surface area contributed by atoms with Crippen LogP contribution in [0.5, 0.6) is 0 Å². The Hall–Kier alpha value is -1.79. The number of carbonyl (C=O) groups excluding carboxylic acids is 2. The normalized spacial score (nSPS) is 26.6. The van der Waals surface area contributed by atoms with E-state index in [-0.39, 0.29) is 29.6 Å². The van der Waals surface area contributed by atoms with Crippen LogP contribution in [0.15, 0.2) is 18.2 Å². The summed E-state index contributed by atoms with van der Waals surface area (Å²) in [5, 5.41) is 3.55. The highest BCUT2D eigenvalue weighted by atomic mass is 35.5. The van der Waals surface area contributed by atoms with Crippen LogP contribution in [0, 0.1) is 12.8 Å². The lowest BCUT2D eigenvalue weighted by Crippen LogP contribution is -2.71. The Kier molecular flexibility index (Phi) is 4.12. The van der Waals surface area contributed by atoms with Gasteiger partial charge in [0.1, 0.15) is 12.1 Å². The van der Waals surface area contributed by atoms with Crippen molar-refractivity contribution in [1.82, 2.24) is 10.2 Å². The van der Waals surface area contributed by atoms with Crippen molar-refractivity contribution >= 4 is 23.6 Å². The minimum Gasteiger partial charge on any atom is -0.447 e. The molecule has 0 atom stereocenters. The summed E-state index contributed by atoms with van der Waals surface area (Å²) in [7, 11) is 0. The van der Waals surface area contributed by atoms with E-state index in [0.717, 1.165) is 29.0 Å². The van der Waals surface area contributed by atoms with Crippen molar-refractivity contribution < 1.29 is 19.1 Å². The number of ether oxygens (including phenoxy) is 2. The first-order valence-corrected chi connectivity index (χ1v) is 8.92. The molecule has 3 fully saturated rings. The van der Waals surface area contributed by atoms with E-state index in [2.05, 4.69) is 5.32 Å². The molecule has 0 unspecified atom stereocenters. The van der Waals surface area contributed by atoms with Crippen molar-refractivity contribution in [3.05, 3.63) is 34.3 Å². The molecule has 2 heterocycles. The number of hydrogen-bond acceptors (Lipinski definition) is 4. The van der Waals surface area contributed by atoms with Gasteiger partial charge in [0.2, 0.25) is 5.91 Å². The van der Waals surface area contributed by atoms with Crippen molar-refractivity contribution in [2.24, 2.45) is 5.92 Å². The summed E-state index contributed by atoms with van der Waals surface area (Å²) in [6.45, 7) is 3.96. The molecule has 4 rings (SSSR count). The predicted molar refractivity (Wildman–Crippen MR) is 91.3 cm³/mol. The molecule has 1 aromatic rings. The summed E-state index contributed by atoms with van der Waals surface area (Å²) < 4.78 is 10.8. The number of amides is 2. The molecule has 3 aliphatic rings. The summed E-state index contributed by atoms with van der Waals surface area (Å²) in [4.78, 5) is 25.4. The Morgan fingerprint density at radius 2 is 2.20 bits per heavy atom. The van der Waals surface area contributed by atoms with E-state index in [4.69, 9.17) is 21.1 Å². The van der Waals surface area contributed by atoms with Crippen LogP contribution >= 0.6 is 11.6 Å². The zero-order chi connectivity index (χ0) is 17.6. The standard InChI is InChI=1S/C18H21ClN2O4/c1-11-4-12(2-3-15(11)19)7-24-14-5-13(6-14)16(22)21-8-18(9-21)10-25-17(23)20-18/h2-4,13-14H,5-10H2,1H3,(H,20,23). The molecular weight excluding hydrogens is 344 g/mol. The predicted octanol–water partition coefficient (Wildman–Crippen LogP) is 2.26. The quantitative estimate of drug-likeness (QED) is 0.889. The number of halogens is 1. The average molecular weight is 365 g/mol. The summed E-state index contributed by atoms with van der Waals surface area (Å²) in [5.74, 6) is 0.196. The van der Waals surface area contributed by atoms with Crippen LogP contribution in [-0.2, 0) is 20.9 Å². The number of rotatable bonds is 4. The van der Waals surface area contributed by atoms with Crippen molar-refractivity contribution in [2.45, 2.75) is 38.0 Å². The highest BCUT2D eigenvalue weighted by molar-refractivity contribution is 6.31. The number of likely N-dealkylation sites (tertiary alicyclic amines) is 1. The lowest BCUT2D eigenvalue weighted by atomic mass is 9.79. The molecule has 1 aliphatic carbocycles. The van der Waals surface area contributed by atoms with Gasteiger partial charge >= 0.3 is 6.09 Å². The zero-order valence-corrected chi connectivity index (χ0v) is 14.8. The number of hydrogen-bond donors (Lipinski definition) is 1. The number of aryl methyl sites for hydroxylation is 1. The highest BCUT2D eigenvalue weighted by Crippen LogP contribution is 2.35. The van der Waals surface area contributed by atoms with Crippen LogP contribution in [-0.4, -0.2) is 48.2 Å². The molecule has 1 saturated carbocycles. The smallest absolute Gasteiger partial charge is 0.407 e. The van der Waals surface area contributed by atoms with Gasteiger partial charge < -0.3 is 19.7 Å². The Bertz CT molecular complexity index is 711. The first kappa shape index (κ1) is 16.7. The van der Waals surface area contributed by atoms with Crippen molar-refractivity contribution in [2.75, 3.05) is 19.7 Å². The Morgan fingerprint density at radius 1 is 1.44 bits per heavy atom. The minimum atomic E-state index is -0.387. The molecule has 2 amide bonds. The monoisotopic (exact) mass is 364 g/mol. The molecule has 1 N–H and O–H groups in total. The van der Waals surface area contributed by atoms with E-state index in [1.165, 1.54) is 0 Å². The number of nitrogens with zero attached hydrogens (tertiary/aromatic N) is 1. The van der Waals surface area contributed by atoms with E-state index >= 15 is 0 Å². The van der Waals surface area contributed by atoms with Gasteiger partial charge in [-0.05, 0) is 37.0 Å². The second-order valence-electron chi connectivity index (χ2n) is 7.36. The van der Waals surface area contributed by atoms with Crippen LogP contribution < -0.4 is 5.32 Å². The van der Waals surface area contributed by atoms with E-state index in [1.54, 1.807) is 4.90 Å². The zero-order valence-electron chi connectivity index (χ0n) is 14.1. The van der Waals surface area contributed by atoms with Crippen LogP contribution in [0.3, 0.4) is 0 Å². The lowest BCUT2D eigenvalue weighted by Gasteiger charge is -2.48. The topological polar surface area (TPSA) is 67.9 Å². The summed E-state index contributed by atoms with van der Waals surface area (Å²) in [6, 6.07) is 5.88. The fourth-order valence-electron chi connectivity index (χ4n) is 3.68. The van der Waals surface area contributed by atoms with Gasteiger partial charge in [-0.15, -0.1) is 0 Å². The van der Waals surface area contributed by atoms with Gasteiger partial charge in [0.25, 0.3) is 0 Å². The summed E-state index contributed by atoms with van der Waals surface area (Å²) in [6.07, 6.45) is 1.27. The third-order valence-corrected chi connectivity index (χ3v) is 5.72. The van der Waals surface area contributed by atoms with E-state index in [0.29, 0.717) is 26.3 Å². The van der Waals surface area contributed by atoms with E-state index in [1.807, 2.05) is 25.1 Å². The molecule has 7 heteroatoms. The number of carbonyl (C=O) groups is 2. The number of nitrogens with one attached hydrogen (secondary N) is 1. The molecule has 25 heavy (non-hydrogen) atoms. The molecule has 1 spiro atoms. The van der Waals surface area contributed by atoms with Gasteiger partial charge in [-0.25, -0.2) is 4.79 Å². The van der Waals surface area contributed by atoms with Crippen molar-refractivity contribution in [1.29, 1.82) is 0 Å². The number of cyclic esters (lactones) is 1. The van der Waals surface area contributed by atoms with Gasteiger partial charge in [0.15, 0.2) is 0 Å². The summed E-state index contributed by atoms with van der Waals surface area (Å²) >= 11 is 6.02. The molecule has 1 aromatic carbocycles. The molecule has 2 aliphatic heterocycles. The second kappa shape index (κ2) is 6.18. The van der Waals surface area contributed by atoms with Crippen LogP contribution in [0.25, 0.3) is 0 Å². The van der Waals surface area contributed by atoms with Crippen molar-refractivity contribution in [3.8, 4) is 0 Å². The maximum Gasteiger partial charge on any atom is 0.407 e. The average Bonchev–Trinajstić information content (AvgIpc) is 2.90. The van der Waals surface area contributed by atoms with Crippen LogP contribution in [0.4, 0.5) is 4.79 Å². The van der Waals surface area contributed by atoms with Crippen LogP contribution in [0.1, 0.15) is 24.0 Å². The van der Waals surface area contributed by atoms with Crippen LogP contribution in [0.2, 0.25) is 5.02 Å². The third kappa shape index (κ3) is 3.20. The Balaban J connectivity index is 1.20. The maximum atomic E-state index is 12.4. The molecule has 0 radical (unpaired) electrons. The first-order valence-electron chi connectivity index (χ1n) is 8.54. The van der Waals surface area contributed by atoms with Gasteiger partial charge in [-0.2, -0.15) is 0 Å². The molecule has 0 bridgehead atoms. The molecule has 134 valence electrons. The maximum absolute atomic E-state index is 12.4. The van der Waals surface area contributed by atoms with Gasteiger partial charge in [-0.3, -0.25) is 4.79 Å². The van der Waals surface area contributed by atoms with Gasteiger partial charge in [0.05, 0.1) is 12.7 Å². The van der Waals surface area contributed by atoms with Gasteiger partial charge in [-0.1, -0.05) is 23.7 Å². The Morgan fingerprint density at radius 3 is 2.84 bits per heavy atom. The molecular formula is C18H21ClN2O4. The Labute approximate surface area is 151 Å². The molecule has 2 saturated heterocycles. The largest absolute Gasteiger partial charge is 0.447 e. The molecule has 6 nitrogen and oxygen atoms in total. The number of alkyl carbamates (subject to hydrolysis) is 1. The van der Waals surface area contributed by atoms with Gasteiger partial charge in [0, 0.05) is 24.0 Å². The fourth-order valence-corrected chi connectivity index (χ4v) is 3.79. The lowest BCUT2D eigenvalue weighted by molar-refractivity contribution is -0.153. The number of benzene rings is 1.